The fraction of sp³-hybridized carbons (Fsp3) is 0.286. The summed E-state index contributed by atoms with van der Waals surface area (Å²) in [4.78, 5) is 12.8. The SMILES string of the molecule is CCOC(=O)C1=CCN2C(c3ccccc3)(C1)c1cc(C)ccc1S2(=O)=O. The number of nitrogens with zero attached hydrogens (tertiary/aromatic N) is 1. The Morgan fingerprint density at radius 2 is 1.93 bits per heavy atom. The first-order valence-electron chi connectivity index (χ1n) is 8.97. The molecule has 2 aromatic rings. The quantitative estimate of drug-likeness (QED) is 0.764. The van der Waals surface area contributed by atoms with Gasteiger partial charge in [-0.1, -0.05) is 54.1 Å². The van der Waals surface area contributed by atoms with Crippen molar-refractivity contribution < 1.29 is 17.9 Å². The van der Waals surface area contributed by atoms with Crippen molar-refractivity contribution in [3.63, 3.8) is 0 Å². The minimum Gasteiger partial charge on any atom is -0.463 e. The van der Waals surface area contributed by atoms with Crippen LogP contribution in [0.3, 0.4) is 0 Å². The van der Waals surface area contributed by atoms with Gasteiger partial charge in [-0.3, -0.25) is 0 Å². The standard InChI is InChI=1S/C21H21NO4S/c1-3-26-20(23)16-11-12-22-21(14-16,17-7-5-4-6-8-17)18-13-15(2)9-10-19(18)27(22,24)25/h4-11,13H,3,12,14H2,1-2H3. The Balaban J connectivity index is 1.99. The van der Waals surface area contributed by atoms with Crippen LogP contribution in [0.4, 0.5) is 0 Å². The first kappa shape index (κ1) is 17.9. The van der Waals surface area contributed by atoms with Crippen molar-refractivity contribution in [3.8, 4) is 0 Å². The molecule has 2 heterocycles. The van der Waals surface area contributed by atoms with E-state index < -0.39 is 15.6 Å². The van der Waals surface area contributed by atoms with Gasteiger partial charge in [-0.15, -0.1) is 0 Å². The van der Waals surface area contributed by atoms with E-state index in [0.717, 1.165) is 16.7 Å². The average molecular weight is 383 g/mol. The second-order valence-electron chi connectivity index (χ2n) is 6.89. The number of esters is 1. The Morgan fingerprint density at radius 1 is 1.19 bits per heavy atom. The number of carbonyl (C=O) groups excluding carboxylic acids is 1. The fourth-order valence-corrected chi connectivity index (χ4v) is 6.06. The number of aryl methyl sites for hydroxylation is 1. The number of fused-ring (bicyclic) bond motifs is 3. The van der Waals surface area contributed by atoms with Gasteiger partial charge in [-0.25, -0.2) is 13.2 Å². The van der Waals surface area contributed by atoms with Crippen LogP contribution in [0.2, 0.25) is 0 Å². The summed E-state index contributed by atoms with van der Waals surface area (Å²) < 4.78 is 33.3. The topological polar surface area (TPSA) is 63.7 Å². The number of rotatable bonds is 3. The van der Waals surface area contributed by atoms with Gasteiger partial charge in [0.15, 0.2) is 0 Å². The molecule has 0 saturated carbocycles. The fourth-order valence-electron chi connectivity index (χ4n) is 4.12. The van der Waals surface area contributed by atoms with Crippen LogP contribution in [-0.2, 0) is 25.1 Å². The van der Waals surface area contributed by atoms with E-state index in [0.29, 0.717) is 10.5 Å². The van der Waals surface area contributed by atoms with Crippen molar-refractivity contribution >= 4 is 16.0 Å². The van der Waals surface area contributed by atoms with Crippen LogP contribution < -0.4 is 0 Å². The van der Waals surface area contributed by atoms with Crippen molar-refractivity contribution in [3.05, 3.63) is 76.9 Å². The van der Waals surface area contributed by atoms with E-state index in [1.807, 2.05) is 49.4 Å². The zero-order valence-electron chi connectivity index (χ0n) is 15.3. The van der Waals surface area contributed by atoms with Gasteiger partial charge in [0.05, 0.1) is 17.0 Å². The van der Waals surface area contributed by atoms with Crippen LogP contribution in [0, 0.1) is 6.92 Å². The third-order valence-corrected chi connectivity index (χ3v) is 7.27. The molecule has 0 amide bonds. The lowest BCUT2D eigenvalue weighted by molar-refractivity contribution is -0.139. The van der Waals surface area contributed by atoms with Crippen LogP contribution in [-0.4, -0.2) is 31.8 Å². The molecule has 2 aliphatic heterocycles. The Labute approximate surface area is 159 Å². The number of benzene rings is 2. The Morgan fingerprint density at radius 3 is 2.63 bits per heavy atom. The van der Waals surface area contributed by atoms with E-state index in [1.165, 1.54) is 4.31 Å². The van der Waals surface area contributed by atoms with Gasteiger partial charge in [-0.2, -0.15) is 4.31 Å². The summed E-state index contributed by atoms with van der Waals surface area (Å²) in [6, 6.07) is 14.9. The molecule has 0 radical (unpaired) electrons. The third-order valence-electron chi connectivity index (χ3n) is 5.31. The lowest BCUT2D eigenvalue weighted by Crippen LogP contribution is -2.48. The number of ether oxygens (including phenoxy) is 1. The molecular weight excluding hydrogens is 362 g/mol. The van der Waals surface area contributed by atoms with Crippen molar-refractivity contribution in [2.24, 2.45) is 0 Å². The van der Waals surface area contributed by atoms with E-state index in [9.17, 15) is 13.2 Å². The minimum absolute atomic E-state index is 0.138. The lowest BCUT2D eigenvalue weighted by atomic mass is 9.76. The lowest BCUT2D eigenvalue weighted by Gasteiger charge is -2.41. The van der Waals surface area contributed by atoms with Crippen LogP contribution in [0.25, 0.3) is 0 Å². The van der Waals surface area contributed by atoms with Crippen molar-refractivity contribution in [1.82, 2.24) is 4.31 Å². The molecule has 0 spiro atoms. The van der Waals surface area contributed by atoms with Crippen molar-refractivity contribution in [2.45, 2.75) is 30.7 Å². The largest absolute Gasteiger partial charge is 0.463 e. The predicted molar refractivity (Wildman–Crippen MR) is 102 cm³/mol. The van der Waals surface area contributed by atoms with E-state index in [4.69, 9.17) is 4.74 Å². The molecule has 0 aromatic heterocycles. The summed E-state index contributed by atoms with van der Waals surface area (Å²) >= 11 is 0. The van der Waals surface area contributed by atoms with Gasteiger partial charge in [0.1, 0.15) is 0 Å². The Kier molecular flexibility index (Phi) is 4.20. The Hall–Kier alpha value is -2.44. The first-order chi connectivity index (χ1) is 12.9. The number of hydrogen-bond acceptors (Lipinski definition) is 4. The zero-order chi connectivity index (χ0) is 19.2. The molecule has 0 saturated heterocycles. The molecule has 0 fully saturated rings. The highest BCUT2D eigenvalue weighted by Gasteiger charge is 2.56. The molecule has 2 aliphatic rings. The van der Waals surface area contributed by atoms with Crippen molar-refractivity contribution in [1.29, 1.82) is 0 Å². The van der Waals surface area contributed by atoms with Crippen molar-refractivity contribution in [2.75, 3.05) is 13.2 Å². The van der Waals surface area contributed by atoms with Gasteiger partial charge in [-0.05, 0) is 31.0 Å². The van der Waals surface area contributed by atoms with Crippen LogP contribution in [0.1, 0.15) is 30.0 Å². The highest BCUT2D eigenvalue weighted by atomic mass is 32.2. The van der Waals surface area contributed by atoms with Gasteiger partial charge in [0, 0.05) is 18.5 Å². The van der Waals surface area contributed by atoms with Gasteiger partial charge in [0.25, 0.3) is 0 Å². The van der Waals surface area contributed by atoms with Crippen LogP contribution in [0.15, 0.2) is 65.1 Å². The van der Waals surface area contributed by atoms with Gasteiger partial charge < -0.3 is 4.74 Å². The molecule has 27 heavy (non-hydrogen) atoms. The molecule has 0 aliphatic carbocycles. The second kappa shape index (κ2) is 6.32. The smallest absolute Gasteiger partial charge is 0.333 e. The molecule has 5 nitrogen and oxygen atoms in total. The summed E-state index contributed by atoms with van der Waals surface area (Å²) in [7, 11) is -3.65. The molecule has 6 heteroatoms. The molecule has 1 atom stereocenters. The maximum atomic E-state index is 13.3. The maximum absolute atomic E-state index is 13.3. The van der Waals surface area contributed by atoms with E-state index in [2.05, 4.69) is 0 Å². The molecule has 0 N–H and O–H groups in total. The van der Waals surface area contributed by atoms with E-state index in [1.54, 1.807) is 19.1 Å². The van der Waals surface area contributed by atoms with E-state index >= 15 is 0 Å². The molecule has 0 bridgehead atoms. The molecule has 1 unspecified atom stereocenters. The minimum atomic E-state index is -3.65. The summed E-state index contributed by atoms with van der Waals surface area (Å²) in [6.07, 6.45) is 1.93. The highest BCUT2D eigenvalue weighted by Crippen LogP contribution is 2.53. The molecule has 4 rings (SSSR count). The number of carbonyl (C=O) groups is 1. The third kappa shape index (κ3) is 2.55. The number of sulfonamides is 1. The average Bonchev–Trinajstić information content (AvgIpc) is 2.87. The van der Waals surface area contributed by atoms with Gasteiger partial charge >= 0.3 is 5.97 Å². The van der Waals surface area contributed by atoms with Crippen LogP contribution in [0.5, 0.6) is 0 Å². The molecule has 140 valence electrons. The zero-order valence-corrected chi connectivity index (χ0v) is 16.1. The summed E-state index contributed by atoms with van der Waals surface area (Å²) in [5.74, 6) is -0.383. The summed E-state index contributed by atoms with van der Waals surface area (Å²) in [5.41, 5.74) is 2.14. The summed E-state index contributed by atoms with van der Waals surface area (Å²) in [6.45, 7) is 4.13. The molecule has 2 aromatic carbocycles. The predicted octanol–water partition coefficient (Wildman–Crippen LogP) is 3.14. The van der Waals surface area contributed by atoms with E-state index in [-0.39, 0.29) is 25.5 Å². The normalized spacial score (nSPS) is 23.3. The molecular formula is C21H21NO4S. The Bertz CT molecular complexity index is 1040. The number of hydrogen-bond donors (Lipinski definition) is 0. The summed E-state index contributed by atoms with van der Waals surface area (Å²) in [5, 5.41) is 0. The first-order valence-corrected chi connectivity index (χ1v) is 10.4. The monoisotopic (exact) mass is 383 g/mol. The highest BCUT2D eigenvalue weighted by molar-refractivity contribution is 7.89. The maximum Gasteiger partial charge on any atom is 0.333 e. The van der Waals surface area contributed by atoms with Crippen LogP contribution >= 0.6 is 0 Å². The van der Waals surface area contributed by atoms with Gasteiger partial charge in [0.2, 0.25) is 10.0 Å². The second-order valence-corrected chi connectivity index (χ2v) is 8.72.